The SMILES string of the molecule is [B]c1cc(S(=O)(=O)Nc2ncns2)cnc1NC[C@H](Cc1ccccc1CN)[C@@H](C)N. The molecule has 31 heavy (non-hydrogen) atoms. The number of hydrogen-bond acceptors (Lipinski definition) is 9. The van der Waals surface area contributed by atoms with Crippen molar-refractivity contribution < 1.29 is 8.42 Å². The van der Waals surface area contributed by atoms with Crippen molar-refractivity contribution in [2.45, 2.75) is 30.8 Å². The third kappa shape index (κ3) is 6.00. The summed E-state index contributed by atoms with van der Waals surface area (Å²) in [7, 11) is 2.20. The summed E-state index contributed by atoms with van der Waals surface area (Å²) in [5, 5.41) is 3.36. The fraction of sp³-hybridized carbons (Fsp3) is 0.316. The van der Waals surface area contributed by atoms with Gasteiger partial charge in [0.2, 0.25) is 5.13 Å². The minimum absolute atomic E-state index is 0.0635. The lowest BCUT2D eigenvalue weighted by molar-refractivity contribution is 0.460. The third-order valence-electron chi connectivity index (χ3n) is 4.88. The molecular formula is C19H24BN7O2S2. The van der Waals surface area contributed by atoms with Gasteiger partial charge < -0.3 is 16.8 Å². The molecule has 6 N–H and O–H groups in total. The third-order valence-corrected chi connectivity index (χ3v) is 6.90. The van der Waals surface area contributed by atoms with Crippen molar-refractivity contribution >= 4 is 45.8 Å². The van der Waals surface area contributed by atoms with Gasteiger partial charge in [-0.25, -0.2) is 18.4 Å². The summed E-state index contributed by atoms with van der Waals surface area (Å²) in [6, 6.07) is 9.27. The second-order valence-electron chi connectivity index (χ2n) is 7.14. The minimum Gasteiger partial charge on any atom is -0.370 e. The van der Waals surface area contributed by atoms with Gasteiger partial charge in [-0.3, -0.25) is 4.72 Å². The maximum absolute atomic E-state index is 12.5. The van der Waals surface area contributed by atoms with E-state index in [4.69, 9.17) is 19.3 Å². The summed E-state index contributed by atoms with van der Waals surface area (Å²) < 4.78 is 31.0. The maximum Gasteiger partial charge on any atom is 0.265 e. The molecule has 0 amide bonds. The lowest BCUT2D eigenvalue weighted by Gasteiger charge is -2.23. The summed E-state index contributed by atoms with van der Waals surface area (Å²) in [6.07, 6.45) is 3.26. The molecule has 0 aliphatic heterocycles. The summed E-state index contributed by atoms with van der Waals surface area (Å²) in [6.45, 7) is 2.93. The number of rotatable bonds is 10. The number of hydrogen-bond donors (Lipinski definition) is 4. The number of anilines is 2. The normalized spacial score (nSPS) is 13.5. The monoisotopic (exact) mass is 457 g/mol. The minimum atomic E-state index is -3.86. The van der Waals surface area contributed by atoms with Crippen LogP contribution in [0.15, 0.2) is 47.8 Å². The predicted octanol–water partition coefficient (Wildman–Crippen LogP) is 0.604. The topological polar surface area (TPSA) is 149 Å². The van der Waals surface area contributed by atoms with Gasteiger partial charge in [0, 0.05) is 36.9 Å². The van der Waals surface area contributed by atoms with E-state index in [0.29, 0.717) is 18.9 Å². The van der Waals surface area contributed by atoms with E-state index in [9.17, 15) is 8.42 Å². The molecule has 0 saturated heterocycles. The number of nitrogens with zero attached hydrogens (tertiary/aromatic N) is 3. The molecule has 9 nitrogen and oxygen atoms in total. The Balaban J connectivity index is 1.70. The largest absolute Gasteiger partial charge is 0.370 e. The first-order chi connectivity index (χ1) is 14.8. The Kier molecular flexibility index (Phi) is 7.60. The number of nitrogens with two attached hydrogens (primary N) is 2. The molecule has 0 fully saturated rings. The summed E-state index contributed by atoms with van der Waals surface area (Å²) in [4.78, 5) is 7.95. The highest BCUT2D eigenvalue weighted by Gasteiger charge is 2.19. The molecule has 1 aromatic carbocycles. The molecule has 0 spiro atoms. The van der Waals surface area contributed by atoms with E-state index in [1.807, 2.05) is 25.1 Å². The van der Waals surface area contributed by atoms with E-state index in [-0.39, 0.29) is 27.4 Å². The smallest absolute Gasteiger partial charge is 0.265 e. The first-order valence-corrected chi connectivity index (χ1v) is 11.9. The first kappa shape index (κ1) is 23.1. The van der Waals surface area contributed by atoms with Gasteiger partial charge in [0.25, 0.3) is 10.0 Å². The van der Waals surface area contributed by atoms with Crippen LogP contribution in [0.25, 0.3) is 0 Å². The zero-order valence-electron chi connectivity index (χ0n) is 17.0. The average Bonchev–Trinajstić information content (AvgIpc) is 3.24. The quantitative estimate of drug-likeness (QED) is 0.324. The molecular weight excluding hydrogens is 433 g/mol. The second kappa shape index (κ2) is 10.2. The van der Waals surface area contributed by atoms with Crippen LogP contribution in [0.2, 0.25) is 0 Å². The van der Waals surface area contributed by atoms with E-state index >= 15 is 0 Å². The standard InChI is InChI=1S/C19H24BN7O2S2/c1-12(22)15(6-13-4-2-3-5-14(13)8-21)9-23-18-17(20)7-16(10-24-18)31(28,29)27-19-25-11-26-30-19/h2-5,7,10-12,15H,6,8-9,21-22H2,1H3,(H,23,24)(H,25,26,27)/t12-,15+/m1/s1. The number of sulfonamides is 1. The predicted molar refractivity (Wildman–Crippen MR) is 124 cm³/mol. The van der Waals surface area contributed by atoms with Crippen LogP contribution in [-0.2, 0) is 23.0 Å². The van der Waals surface area contributed by atoms with Gasteiger partial charge in [-0.05, 0) is 36.5 Å². The van der Waals surface area contributed by atoms with Crippen LogP contribution < -0.4 is 27.0 Å². The molecule has 2 aromatic heterocycles. The molecule has 2 heterocycles. The molecule has 0 saturated carbocycles. The zero-order valence-corrected chi connectivity index (χ0v) is 18.7. The van der Waals surface area contributed by atoms with Crippen LogP contribution in [0.4, 0.5) is 10.9 Å². The zero-order chi connectivity index (χ0) is 22.4. The Hall–Kier alpha value is -2.54. The van der Waals surface area contributed by atoms with Gasteiger partial charge in [0.1, 0.15) is 24.9 Å². The second-order valence-corrected chi connectivity index (χ2v) is 9.60. The highest BCUT2D eigenvalue weighted by Crippen LogP contribution is 2.18. The summed E-state index contributed by atoms with van der Waals surface area (Å²) >= 11 is 0.934. The van der Waals surface area contributed by atoms with Gasteiger partial charge in [0.15, 0.2) is 0 Å². The van der Waals surface area contributed by atoms with Crippen molar-refractivity contribution in [3.05, 3.63) is 54.0 Å². The summed E-state index contributed by atoms with van der Waals surface area (Å²) in [5.41, 5.74) is 14.5. The fourth-order valence-corrected chi connectivity index (χ4v) is 4.70. The molecule has 2 radical (unpaired) electrons. The highest BCUT2D eigenvalue weighted by molar-refractivity contribution is 7.93. The molecule has 12 heteroatoms. The Morgan fingerprint density at radius 2 is 1.97 bits per heavy atom. The summed E-state index contributed by atoms with van der Waals surface area (Å²) in [5.74, 6) is 0.490. The molecule has 0 unspecified atom stereocenters. The van der Waals surface area contributed by atoms with Crippen LogP contribution in [0.1, 0.15) is 18.1 Å². The molecule has 3 rings (SSSR count). The molecule has 162 valence electrons. The maximum atomic E-state index is 12.5. The van der Waals surface area contributed by atoms with E-state index < -0.39 is 10.0 Å². The number of benzene rings is 1. The van der Waals surface area contributed by atoms with E-state index in [1.54, 1.807) is 0 Å². The molecule has 0 aliphatic rings. The molecule has 0 aliphatic carbocycles. The van der Waals surface area contributed by atoms with E-state index in [0.717, 1.165) is 29.1 Å². The number of aromatic nitrogens is 3. The molecule has 3 aromatic rings. The lowest BCUT2D eigenvalue weighted by atomic mass is 9.90. The number of pyridine rings is 1. The van der Waals surface area contributed by atoms with Crippen LogP contribution in [-0.4, -0.2) is 43.2 Å². The van der Waals surface area contributed by atoms with E-state index in [1.165, 1.54) is 18.6 Å². The van der Waals surface area contributed by atoms with Gasteiger partial charge in [-0.1, -0.05) is 29.7 Å². The number of nitrogens with one attached hydrogen (secondary N) is 2. The Morgan fingerprint density at radius 1 is 1.23 bits per heavy atom. The fourth-order valence-electron chi connectivity index (χ4n) is 3.06. The van der Waals surface area contributed by atoms with Crippen molar-refractivity contribution in [2.24, 2.45) is 17.4 Å². The van der Waals surface area contributed by atoms with Crippen LogP contribution in [0, 0.1) is 5.92 Å². The van der Waals surface area contributed by atoms with Crippen LogP contribution >= 0.6 is 11.5 Å². The molecule has 2 atom stereocenters. The lowest BCUT2D eigenvalue weighted by Crippen LogP contribution is -2.35. The van der Waals surface area contributed by atoms with E-state index in [2.05, 4.69) is 30.4 Å². The molecule has 0 bridgehead atoms. The van der Waals surface area contributed by atoms with Gasteiger partial charge in [0.05, 0.1) is 0 Å². The first-order valence-electron chi connectivity index (χ1n) is 9.61. The van der Waals surface area contributed by atoms with Crippen LogP contribution in [0.5, 0.6) is 0 Å². The van der Waals surface area contributed by atoms with Crippen molar-refractivity contribution in [3.8, 4) is 0 Å². The Morgan fingerprint density at radius 3 is 2.58 bits per heavy atom. The van der Waals surface area contributed by atoms with Crippen molar-refractivity contribution in [1.29, 1.82) is 0 Å². The van der Waals surface area contributed by atoms with Crippen molar-refractivity contribution in [3.63, 3.8) is 0 Å². The highest BCUT2D eigenvalue weighted by atomic mass is 32.2. The van der Waals surface area contributed by atoms with Gasteiger partial charge >= 0.3 is 0 Å². The van der Waals surface area contributed by atoms with Crippen molar-refractivity contribution in [2.75, 3.05) is 16.6 Å². The van der Waals surface area contributed by atoms with Gasteiger partial charge in [-0.2, -0.15) is 4.37 Å². The van der Waals surface area contributed by atoms with Crippen molar-refractivity contribution in [1.82, 2.24) is 14.3 Å². The Labute approximate surface area is 187 Å². The van der Waals surface area contributed by atoms with Gasteiger partial charge in [-0.15, -0.1) is 0 Å². The van der Waals surface area contributed by atoms with Crippen LogP contribution in [0.3, 0.4) is 0 Å². The average molecular weight is 457 g/mol. The Bertz CT molecular complexity index is 1110.